The van der Waals surface area contributed by atoms with Crippen molar-refractivity contribution in [3.63, 3.8) is 0 Å². The van der Waals surface area contributed by atoms with E-state index < -0.39 is 0 Å². The van der Waals surface area contributed by atoms with E-state index in [1.54, 1.807) is 6.92 Å². The molecule has 0 bridgehead atoms. The van der Waals surface area contributed by atoms with Gasteiger partial charge >= 0.3 is 0 Å². The van der Waals surface area contributed by atoms with Crippen molar-refractivity contribution in [2.75, 3.05) is 0 Å². The van der Waals surface area contributed by atoms with E-state index in [1.807, 2.05) is 0 Å². The third-order valence-corrected chi connectivity index (χ3v) is 2.60. The molecule has 0 aromatic heterocycles. The number of Topliss-reactive ketones (excluding diaryl/α,β-unsaturated/α-hetero) is 1. The van der Waals surface area contributed by atoms with E-state index >= 15 is 0 Å². The van der Waals surface area contributed by atoms with E-state index in [0.29, 0.717) is 5.92 Å². The van der Waals surface area contributed by atoms with E-state index in [1.165, 1.54) is 0 Å². The molecule has 0 radical (unpaired) electrons. The van der Waals surface area contributed by atoms with Crippen molar-refractivity contribution in [2.24, 2.45) is 11.8 Å². The second kappa shape index (κ2) is 3.35. The lowest BCUT2D eigenvalue weighted by Crippen LogP contribution is -2.32. The second-order valence-corrected chi connectivity index (χ2v) is 3.70. The first-order valence-corrected chi connectivity index (χ1v) is 4.29. The van der Waals surface area contributed by atoms with Gasteiger partial charge in [0.1, 0.15) is 5.78 Å². The van der Waals surface area contributed by atoms with Crippen LogP contribution in [0, 0.1) is 11.8 Å². The van der Waals surface area contributed by atoms with Gasteiger partial charge in [-0.2, -0.15) is 0 Å². The minimum atomic E-state index is -0.378. The predicted octanol–water partition coefficient (Wildman–Crippen LogP) is 1.37. The van der Waals surface area contributed by atoms with Gasteiger partial charge in [0.25, 0.3) is 0 Å². The second-order valence-electron chi connectivity index (χ2n) is 3.70. The fraction of sp³-hybridized carbons (Fsp3) is 0.889. The standard InChI is InChI=1S/C9H16O2/c1-6-3-4-8(7(2)10)9(11)5-6/h6,8-9,11H,3-5H2,1-2H3/t6-,8?,9-/m1/s1. The third kappa shape index (κ3) is 2.03. The number of hydrogen-bond acceptors (Lipinski definition) is 2. The molecule has 0 aromatic carbocycles. The summed E-state index contributed by atoms with van der Waals surface area (Å²) >= 11 is 0. The van der Waals surface area contributed by atoms with Crippen molar-refractivity contribution in [1.82, 2.24) is 0 Å². The maximum atomic E-state index is 11.0. The van der Waals surface area contributed by atoms with Crippen LogP contribution in [0.3, 0.4) is 0 Å². The summed E-state index contributed by atoms with van der Waals surface area (Å²) in [4.78, 5) is 11.0. The zero-order chi connectivity index (χ0) is 8.43. The topological polar surface area (TPSA) is 37.3 Å². The smallest absolute Gasteiger partial charge is 0.135 e. The van der Waals surface area contributed by atoms with Gasteiger partial charge in [0, 0.05) is 5.92 Å². The molecule has 1 N–H and O–H groups in total. The summed E-state index contributed by atoms with van der Waals surface area (Å²) in [6, 6.07) is 0. The van der Waals surface area contributed by atoms with Gasteiger partial charge in [0.2, 0.25) is 0 Å². The lowest BCUT2D eigenvalue weighted by molar-refractivity contribution is -0.126. The van der Waals surface area contributed by atoms with Crippen LogP contribution < -0.4 is 0 Å². The van der Waals surface area contributed by atoms with Crippen LogP contribution in [0.15, 0.2) is 0 Å². The Hall–Kier alpha value is -0.370. The van der Waals surface area contributed by atoms with Gasteiger partial charge in [-0.1, -0.05) is 6.92 Å². The average Bonchev–Trinajstić information content (AvgIpc) is 1.85. The van der Waals surface area contributed by atoms with E-state index in [0.717, 1.165) is 19.3 Å². The molecule has 11 heavy (non-hydrogen) atoms. The van der Waals surface area contributed by atoms with Crippen molar-refractivity contribution in [3.05, 3.63) is 0 Å². The number of ketones is 1. The van der Waals surface area contributed by atoms with Crippen LogP contribution in [-0.2, 0) is 4.79 Å². The van der Waals surface area contributed by atoms with Crippen molar-refractivity contribution < 1.29 is 9.90 Å². The molecule has 0 spiro atoms. The van der Waals surface area contributed by atoms with Crippen LogP contribution in [0.25, 0.3) is 0 Å². The van der Waals surface area contributed by atoms with Gasteiger partial charge in [-0.25, -0.2) is 0 Å². The molecular formula is C9H16O2. The van der Waals surface area contributed by atoms with E-state index in [2.05, 4.69) is 6.92 Å². The molecule has 1 aliphatic carbocycles. The summed E-state index contributed by atoms with van der Waals surface area (Å²) in [5.41, 5.74) is 0. The van der Waals surface area contributed by atoms with Crippen molar-refractivity contribution in [1.29, 1.82) is 0 Å². The summed E-state index contributed by atoms with van der Waals surface area (Å²) in [5.74, 6) is 0.649. The van der Waals surface area contributed by atoms with E-state index in [-0.39, 0.29) is 17.8 Å². The van der Waals surface area contributed by atoms with Crippen LogP contribution in [0.2, 0.25) is 0 Å². The molecule has 0 aliphatic heterocycles. The van der Waals surface area contributed by atoms with Gasteiger partial charge < -0.3 is 5.11 Å². The van der Waals surface area contributed by atoms with E-state index in [4.69, 9.17) is 0 Å². The Labute approximate surface area is 67.6 Å². The quantitative estimate of drug-likeness (QED) is 0.622. The SMILES string of the molecule is CC(=O)C1CC[C@@H](C)C[C@H]1O. The number of hydrogen-bond donors (Lipinski definition) is 1. The molecule has 0 saturated heterocycles. The Bertz CT molecular complexity index is 154. The molecule has 1 unspecified atom stereocenters. The minimum absolute atomic E-state index is 0.0776. The third-order valence-electron chi connectivity index (χ3n) is 2.60. The predicted molar refractivity (Wildman–Crippen MR) is 43.2 cm³/mol. The summed E-state index contributed by atoms with van der Waals surface area (Å²) in [6.07, 6.45) is 2.37. The van der Waals surface area contributed by atoms with Crippen LogP contribution >= 0.6 is 0 Å². The van der Waals surface area contributed by atoms with Crippen LogP contribution in [0.4, 0.5) is 0 Å². The Morgan fingerprint density at radius 1 is 1.45 bits per heavy atom. The minimum Gasteiger partial charge on any atom is -0.392 e. The molecular weight excluding hydrogens is 140 g/mol. The molecule has 3 atom stereocenters. The van der Waals surface area contributed by atoms with Gasteiger partial charge in [-0.3, -0.25) is 4.79 Å². The molecule has 1 aliphatic rings. The summed E-state index contributed by atoms with van der Waals surface area (Å²) < 4.78 is 0. The summed E-state index contributed by atoms with van der Waals surface area (Å²) in [5, 5.41) is 9.49. The van der Waals surface area contributed by atoms with Gasteiger partial charge in [-0.15, -0.1) is 0 Å². The number of carbonyl (C=O) groups excluding carboxylic acids is 1. The van der Waals surface area contributed by atoms with Crippen molar-refractivity contribution in [2.45, 2.75) is 39.2 Å². The number of rotatable bonds is 1. The first kappa shape index (κ1) is 8.72. The highest BCUT2D eigenvalue weighted by Gasteiger charge is 2.29. The van der Waals surface area contributed by atoms with Gasteiger partial charge in [0.05, 0.1) is 6.10 Å². The maximum Gasteiger partial charge on any atom is 0.135 e. The normalized spacial score (nSPS) is 38.6. The highest BCUT2D eigenvalue weighted by Crippen LogP contribution is 2.28. The van der Waals surface area contributed by atoms with E-state index in [9.17, 15) is 9.90 Å². The van der Waals surface area contributed by atoms with Gasteiger partial charge in [0.15, 0.2) is 0 Å². The Kier molecular flexibility index (Phi) is 2.66. The zero-order valence-electron chi connectivity index (χ0n) is 7.21. The first-order valence-electron chi connectivity index (χ1n) is 4.29. The molecule has 1 fully saturated rings. The van der Waals surface area contributed by atoms with Crippen LogP contribution in [-0.4, -0.2) is 17.0 Å². The van der Waals surface area contributed by atoms with Crippen molar-refractivity contribution >= 4 is 5.78 Å². The number of aliphatic hydroxyl groups is 1. The van der Waals surface area contributed by atoms with Crippen LogP contribution in [0.5, 0.6) is 0 Å². The molecule has 1 saturated carbocycles. The molecule has 64 valence electrons. The number of aliphatic hydroxyl groups excluding tert-OH is 1. The Morgan fingerprint density at radius 3 is 2.55 bits per heavy atom. The summed E-state index contributed by atoms with van der Waals surface area (Å²) in [6.45, 7) is 3.70. The van der Waals surface area contributed by atoms with Gasteiger partial charge in [-0.05, 0) is 32.1 Å². The largest absolute Gasteiger partial charge is 0.392 e. The molecule has 0 heterocycles. The number of carbonyl (C=O) groups is 1. The van der Waals surface area contributed by atoms with Crippen molar-refractivity contribution in [3.8, 4) is 0 Å². The lowest BCUT2D eigenvalue weighted by atomic mass is 9.79. The lowest BCUT2D eigenvalue weighted by Gasteiger charge is -2.29. The zero-order valence-corrected chi connectivity index (χ0v) is 7.21. The molecule has 2 heteroatoms. The first-order chi connectivity index (χ1) is 5.11. The highest BCUT2D eigenvalue weighted by atomic mass is 16.3. The fourth-order valence-corrected chi connectivity index (χ4v) is 1.83. The molecule has 2 nitrogen and oxygen atoms in total. The maximum absolute atomic E-state index is 11.0. The van der Waals surface area contributed by atoms with Crippen LogP contribution in [0.1, 0.15) is 33.1 Å². The Morgan fingerprint density at radius 2 is 2.09 bits per heavy atom. The average molecular weight is 156 g/mol. The summed E-state index contributed by atoms with van der Waals surface area (Å²) in [7, 11) is 0. The molecule has 0 amide bonds. The molecule has 0 aromatic rings. The fourth-order valence-electron chi connectivity index (χ4n) is 1.83. The highest BCUT2D eigenvalue weighted by molar-refractivity contribution is 5.78. The molecule has 1 rings (SSSR count). The Balaban J connectivity index is 2.50. The monoisotopic (exact) mass is 156 g/mol.